The first-order valence-corrected chi connectivity index (χ1v) is 12.9. The fourth-order valence-electron chi connectivity index (χ4n) is 3.29. The molecule has 0 aliphatic heterocycles. The van der Waals surface area contributed by atoms with Crippen LogP contribution in [-0.2, 0) is 20.5 Å². The van der Waals surface area contributed by atoms with Gasteiger partial charge in [-0.25, -0.2) is 4.68 Å². The van der Waals surface area contributed by atoms with Gasteiger partial charge in [0.05, 0.1) is 30.2 Å². The molecule has 15 heteroatoms. The number of thioether (sulfide) groups is 1. The van der Waals surface area contributed by atoms with Crippen molar-refractivity contribution in [3.63, 3.8) is 0 Å². The van der Waals surface area contributed by atoms with Crippen molar-refractivity contribution in [1.82, 2.24) is 19.8 Å². The number of amides is 2. The van der Waals surface area contributed by atoms with E-state index in [-0.39, 0.29) is 42.1 Å². The molecule has 3 N–H and O–H groups in total. The Morgan fingerprint density at radius 3 is 2.51 bits per heavy atom. The Balaban J connectivity index is 1.64. The lowest BCUT2D eigenvalue weighted by Gasteiger charge is -2.21. The minimum Gasteiger partial charge on any atom is -0.489 e. The molecule has 0 unspecified atom stereocenters. The Labute approximate surface area is 231 Å². The zero-order valence-electron chi connectivity index (χ0n) is 21.0. The summed E-state index contributed by atoms with van der Waals surface area (Å²) in [6, 6.07) is 9.57. The molecule has 0 saturated heterocycles. The van der Waals surface area contributed by atoms with Crippen LogP contribution in [0.25, 0.3) is 11.4 Å². The van der Waals surface area contributed by atoms with Gasteiger partial charge in [0.25, 0.3) is 0 Å². The fourth-order valence-corrected chi connectivity index (χ4v) is 4.18. The number of benzene rings is 2. The predicted octanol–water partition coefficient (Wildman–Crippen LogP) is 3.94. The van der Waals surface area contributed by atoms with E-state index in [1.54, 1.807) is 31.2 Å². The normalized spacial score (nSPS) is 11.3. The average Bonchev–Trinajstić information content (AvgIpc) is 3.26. The summed E-state index contributed by atoms with van der Waals surface area (Å²) < 4.78 is 51.2. The number of nitrogens with one attached hydrogen (secondary N) is 1. The largest absolute Gasteiger partial charge is 0.489 e. The molecule has 0 atom stereocenters. The van der Waals surface area contributed by atoms with Crippen molar-refractivity contribution in [2.24, 2.45) is 0 Å². The van der Waals surface area contributed by atoms with Crippen LogP contribution in [0.2, 0.25) is 5.02 Å². The highest BCUT2D eigenvalue weighted by molar-refractivity contribution is 7.99. The smallest absolute Gasteiger partial charge is 0.416 e. The van der Waals surface area contributed by atoms with Gasteiger partial charge in [-0.2, -0.15) is 13.2 Å². The molecule has 1 aromatic heterocycles. The minimum absolute atomic E-state index is 0.0390. The molecule has 0 aliphatic rings. The molecule has 3 aromatic rings. The maximum Gasteiger partial charge on any atom is 0.416 e. The van der Waals surface area contributed by atoms with E-state index in [1.807, 2.05) is 0 Å². The number of likely N-dealkylation sites (N-methyl/N-ethyl adjacent to an activating group) is 1. The third-order valence-electron chi connectivity index (χ3n) is 5.29. The third-order valence-corrected chi connectivity index (χ3v) is 6.47. The Morgan fingerprint density at radius 2 is 1.87 bits per heavy atom. The molecular weight excluding hydrogens is 561 g/mol. The van der Waals surface area contributed by atoms with Gasteiger partial charge in [-0.15, -0.1) is 10.2 Å². The first-order chi connectivity index (χ1) is 18.5. The van der Waals surface area contributed by atoms with Gasteiger partial charge in [0.15, 0.2) is 5.82 Å². The summed E-state index contributed by atoms with van der Waals surface area (Å²) in [5.41, 5.74) is -0.449. The van der Waals surface area contributed by atoms with E-state index in [1.165, 1.54) is 16.7 Å². The lowest BCUT2D eigenvalue weighted by molar-refractivity contribution is -0.137. The molecule has 39 heavy (non-hydrogen) atoms. The molecule has 0 spiro atoms. The number of hydrogen-bond acceptors (Lipinski definition) is 8. The molecule has 210 valence electrons. The van der Waals surface area contributed by atoms with E-state index < -0.39 is 30.1 Å². The summed E-state index contributed by atoms with van der Waals surface area (Å²) in [6.45, 7) is 1.71. The predicted molar refractivity (Wildman–Crippen MR) is 141 cm³/mol. The molecule has 3 rings (SSSR count). The number of carbonyl (C=O) groups is 2. The summed E-state index contributed by atoms with van der Waals surface area (Å²) >= 11 is 6.93. The molecule has 0 bridgehead atoms. The van der Waals surface area contributed by atoms with Crippen LogP contribution in [0.5, 0.6) is 5.75 Å². The van der Waals surface area contributed by atoms with Crippen molar-refractivity contribution in [3.05, 3.63) is 53.1 Å². The molecule has 0 fully saturated rings. The van der Waals surface area contributed by atoms with E-state index in [0.717, 1.165) is 30.0 Å². The number of nitrogen functional groups attached to an aromatic ring is 1. The minimum atomic E-state index is -4.62. The van der Waals surface area contributed by atoms with Crippen LogP contribution in [0.3, 0.4) is 0 Å². The number of ether oxygens (including phenoxy) is 2. The van der Waals surface area contributed by atoms with Gasteiger partial charge in [0.1, 0.15) is 12.4 Å². The maximum absolute atomic E-state index is 13.2. The van der Waals surface area contributed by atoms with Crippen molar-refractivity contribution in [2.75, 3.05) is 50.3 Å². The van der Waals surface area contributed by atoms with Crippen molar-refractivity contribution in [2.45, 2.75) is 18.3 Å². The SMILES string of the molecule is CCN(CC(=O)Nc1cc(C(F)(F)F)ccc1OCCOC)C(=O)CSc1nnc(-c2ccc(Cl)cc2)n1N. The van der Waals surface area contributed by atoms with Crippen LogP contribution in [0, 0.1) is 0 Å². The number of aromatic nitrogens is 3. The molecule has 0 radical (unpaired) electrons. The number of carbonyl (C=O) groups excluding carboxylic acids is 2. The van der Waals surface area contributed by atoms with Gasteiger partial charge in [0, 0.05) is 24.2 Å². The van der Waals surface area contributed by atoms with Crippen LogP contribution in [0.4, 0.5) is 18.9 Å². The van der Waals surface area contributed by atoms with Crippen LogP contribution in [-0.4, -0.2) is 70.8 Å². The second kappa shape index (κ2) is 13.5. The van der Waals surface area contributed by atoms with Crippen LogP contribution in [0.15, 0.2) is 47.6 Å². The highest BCUT2D eigenvalue weighted by atomic mass is 35.5. The summed E-state index contributed by atoms with van der Waals surface area (Å²) in [5.74, 6) is 5.29. The Morgan fingerprint density at radius 1 is 1.15 bits per heavy atom. The molecule has 0 saturated carbocycles. The summed E-state index contributed by atoms with van der Waals surface area (Å²) in [6.07, 6.45) is -4.62. The number of nitrogens with two attached hydrogens (primary N) is 1. The highest BCUT2D eigenvalue weighted by Crippen LogP contribution is 2.35. The monoisotopic (exact) mass is 586 g/mol. The van der Waals surface area contributed by atoms with Crippen LogP contribution >= 0.6 is 23.4 Å². The number of anilines is 1. The quantitative estimate of drug-likeness (QED) is 0.186. The standard InChI is InChI=1S/C24H26ClF3N6O4S/c1-3-33(21(36)14-39-23-32-31-22(34(23)29)15-4-7-17(25)8-5-15)13-20(35)30-18-12-16(24(26,27)28)6-9-19(18)38-11-10-37-2/h4-9,12H,3,10-11,13-14,29H2,1-2H3,(H,30,35). The molecule has 10 nitrogen and oxygen atoms in total. The second-order valence-electron chi connectivity index (χ2n) is 7.98. The zero-order chi connectivity index (χ0) is 28.6. The number of rotatable bonds is 12. The van der Waals surface area contributed by atoms with Crippen molar-refractivity contribution in [3.8, 4) is 17.1 Å². The molecule has 2 aromatic carbocycles. The molecular formula is C24H26ClF3N6O4S. The number of alkyl halides is 3. The number of nitrogens with zero attached hydrogens (tertiary/aromatic N) is 4. The lowest BCUT2D eigenvalue weighted by Crippen LogP contribution is -2.39. The van der Waals surface area contributed by atoms with Crippen LogP contribution in [0.1, 0.15) is 12.5 Å². The first kappa shape index (κ1) is 30.1. The molecule has 2 amide bonds. The van der Waals surface area contributed by atoms with E-state index in [9.17, 15) is 22.8 Å². The van der Waals surface area contributed by atoms with Crippen molar-refractivity contribution in [1.29, 1.82) is 0 Å². The van der Waals surface area contributed by atoms with Gasteiger partial charge < -0.3 is 25.5 Å². The van der Waals surface area contributed by atoms with E-state index in [4.69, 9.17) is 26.9 Å². The fraction of sp³-hybridized carbons (Fsp3) is 0.333. The Hall–Kier alpha value is -3.49. The zero-order valence-corrected chi connectivity index (χ0v) is 22.6. The van der Waals surface area contributed by atoms with Gasteiger partial charge in [-0.05, 0) is 49.4 Å². The Bertz CT molecular complexity index is 1290. The third kappa shape index (κ3) is 8.25. The molecule has 1 heterocycles. The van der Waals surface area contributed by atoms with Crippen LogP contribution < -0.4 is 15.9 Å². The van der Waals surface area contributed by atoms with Gasteiger partial charge in [0.2, 0.25) is 17.0 Å². The average molecular weight is 587 g/mol. The number of methoxy groups -OCH3 is 1. The number of halogens is 4. The topological polar surface area (TPSA) is 125 Å². The van der Waals surface area contributed by atoms with Gasteiger partial charge in [-0.3, -0.25) is 9.59 Å². The van der Waals surface area contributed by atoms with Gasteiger partial charge in [-0.1, -0.05) is 23.4 Å². The highest BCUT2D eigenvalue weighted by Gasteiger charge is 2.31. The lowest BCUT2D eigenvalue weighted by atomic mass is 10.1. The second-order valence-corrected chi connectivity index (χ2v) is 9.36. The maximum atomic E-state index is 13.2. The van der Waals surface area contributed by atoms with Crippen molar-refractivity contribution >= 4 is 40.9 Å². The van der Waals surface area contributed by atoms with Crippen molar-refractivity contribution < 1.29 is 32.2 Å². The molecule has 0 aliphatic carbocycles. The van der Waals surface area contributed by atoms with E-state index >= 15 is 0 Å². The summed E-state index contributed by atoms with van der Waals surface area (Å²) in [5, 5.41) is 11.3. The van der Waals surface area contributed by atoms with E-state index in [2.05, 4.69) is 15.5 Å². The van der Waals surface area contributed by atoms with Gasteiger partial charge >= 0.3 is 6.18 Å². The Kier molecular flexibility index (Phi) is 10.4. The summed E-state index contributed by atoms with van der Waals surface area (Å²) in [4.78, 5) is 26.8. The summed E-state index contributed by atoms with van der Waals surface area (Å²) in [7, 11) is 1.45. The first-order valence-electron chi connectivity index (χ1n) is 11.5. The van der Waals surface area contributed by atoms with E-state index in [0.29, 0.717) is 16.4 Å². The number of hydrogen-bond donors (Lipinski definition) is 2.